The van der Waals surface area contributed by atoms with E-state index in [9.17, 15) is 0 Å². The molecule has 112 valence electrons. The molecule has 2 N–H and O–H groups in total. The summed E-state index contributed by atoms with van der Waals surface area (Å²) in [5.74, 6) is 3.43. The molecule has 0 saturated carbocycles. The number of aliphatic hydroxyl groups is 1. The number of piperidine rings is 3. The Balaban J connectivity index is 1.45. The molecule has 0 aromatic carbocycles. The Morgan fingerprint density at radius 3 is 2.90 bits per heavy atom. The van der Waals surface area contributed by atoms with Crippen LogP contribution in [0.25, 0.3) is 0 Å². The van der Waals surface area contributed by atoms with Crippen LogP contribution in [0.2, 0.25) is 0 Å². The van der Waals surface area contributed by atoms with E-state index in [0.717, 1.165) is 30.7 Å². The van der Waals surface area contributed by atoms with Gasteiger partial charge >= 0.3 is 0 Å². The van der Waals surface area contributed by atoms with Crippen molar-refractivity contribution in [1.82, 2.24) is 10.2 Å². The van der Waals surface area contributed by atoms with E-state index in [1.54, 1.807) is 0 Å². The molecule has 0 spiro atoms. The summed E-state index contributed by atoms with van der Waals surface area (Å²) in [6.45, 7) is 6.69. The normalized spacial score (nSPS) is 32.7. The quantitative estimate of drug-likeness (QED) is 0.835. The fraction of sp³-hybridized carbons (Fsp3) is 0.750. The van der Waals surface area contributed by atoms with Crippen molar-refractivity contribution in [3.05, 3.63) is 23.7 Å². The summed E-state index contributed by atoms with van der Waals surface area (Å²) in [7, 11) is 0. The van der Waals surface area contributed by atoms with Crippen LogP contribution in [0.15, 0.2) is 16.5 Å². The first-order valence-corrected chi connectivity index (χ1v) is 7.93. The zero-order valence-electron chi connectivity index (χ0n) is 12.3. The molecule has 4 nitrogen and oxygen atoms in total. The number of furan rings is 1. The third kappa shape index (κ3) is 2.92. The van der Waals surface area contributed by atoms with Crippen molar-refractivity contribution in [2.45, 2.75) is 45.4 Å². The van der Waals surface area contributed by atoms with Crippen molar-refractivity contribution in [3.63, 3.8) is 0 Å². The van der Waals surface area contributed by atoms with Crippen molar-refractivity contribution in [2.75, 3.05) is 19.6 Å². The number of fused-ring (bicyclic) bond motifs is 3. The average molecular weight is 278 g/mol. The monoisotopic (exact) mass is 278 g/mol. The smallest absolute Gasteiger partial charge is 0.129 e. The minimum atomic E-state index is -0.0174. The largest absolute Gasteiger partial charge is 0.462 e. The van der Waals surface area contributed by atoms with Gasteiger partial charge in [-0.05, 0) is 43.4 Å². The Morgan fingerprint density at radius 2 is 2.25 bits per heavy atom. The van der Waals surface area contributed by atoms with Gasteiger partial charge in [-0.2, -0.15) is 0 Å². The summed E-state index contributed by atoms with van der Waals surface area (Å²) < 4.78 is 5.49. The minimum absolute atomic E-state index is 0.0174. The lowest BCUT2D eigenvalue weighted by Gasteiger charge is -2.50. The van der Waals surface area contributed by atoms with Crippen LogP contribution in [-0.4, -0.2) is 35.7 Å². The topological polar surface area (TPSA) is 48.6 Å². The summed E-state index contributed by atoms with van der Waals surface area (Å²) in [4.78, 5) is 2.67. The standard InChI is InChI=1S/C16H26N2O2/c1-2-12-10-18-6-5-13(12)7-14(18)8-17-9-15-3-4-16(11-19)20-15/h3-4,12-14,17,19H,2,5-11H2,1H3/t12-,13+,14-/m1/s1. The van der Waals surface area contributed by atoms with Crippen LogP contribution in [0, 0.1) is 11.8 Å². The molecule has 3 fully saturated rings. The highest BCUT2D eigenvalue weighted by Gasteiger charge is 2.38. The number of nitrogens with one attached hydrogen (secondary N) is 1. The molecular weight excluding hydrogens is 252 g/mol. The molecule has 0 radical (unpaired) electrons. The highest BCUT2D eigenvalue weighted by molar-refractivity contribution is 5.06. The lowest BCUT2D eigenvalue weighted by Crippen LogP contribution is -2.56. The zero-order chi connectivity index (χ0) is 13.9. The molecule has 4 heteroatoms. The molecule has 4 atom stereocenters. The molecule has 4 rings (SSSR count). The van der Waals surface area contributed by atoms with E-state index in [0.29, 0.717) is 11.8 Å². The Labute approximate surface area is 121 Å². The summed E-state index contributed by atoms with van der Waals surface area (Å²) in [5.41, 5.74) is 0. The van der Waals surface area contributed by atoms with Crippen molar-refractivity contribution in [3.8, 4) is 0 Å². The lowest BCUT2D eigenvalue weighted by atomic mass is 9.74. The second kappa shape index (κ2) is 6.29. The Morgan fingerprint density at radius 1 is 1.40 bits per heavy atom. The average Bonchev–Trinajstić information content (AvgIpc) is 2.96. The molecule has 3 aliphatic heterocycles. The third-order valence-corrected chi connectivity index (χ3v) is 5.09. The zero-order valence-corrected chi connectivity index (χ0v) is 12.3. The minimum Gasteiger partial charge on any atom is -0.462 e. The van der Waals surface area contributed by atoms with Crippen molar-refractivity contribution >= 4 is 0 Å². The van der Waals surface area contributed by atoms with E-state index in [4.69, 9.17) is 9.52 Å². The van der Waals surface area contributed by atoms with Gasteiger partial charge in [0.05, 0.1) is 6.54 Å². The van der Waals surface area contributed by atoms with E-state index in [-0.39, 0.29) is 6.61 Å². The molecular formula is C16H26N2O2. The van der Waals surface area contributed by atoms with E-state index >= 15 is 0 Å². The fourth-order valence-electron chi connectivity index (χ4n) is 3.89. The maximum Gasteiger partial charge on any atom is 0.129 e. The summed E-state index contributed by atoms with van der Waals surface area (Å²) >= 11 is 0. The summed E-state index contributed by atoms with van der Waals surface area (Å²) in [6, 6.07) is 4.48. The predicted molar refractivity (Wildman–Crippen MR) is 78.2 cm³/mol. The van der Waals surface area contributed by atoms with Gasteiger partial charge in [0.15, 0.2) is 0 Å². The van der Waals surface area contributed by atoms with E-state index in [2.05, 4.69) is 17.1 Å². The van der Waals surface area contributed by atoms with Crippen LogP contribution < -0.4 is 5.32 Å². The highest BCUT2D eigenvalue weighted by atomic mass is 16.4. The van der Waals surface area contributed by atoms with E-state index < -0.39 is 0 Å². The summed E-state index contributed by atoms with van der Waals surface area (Å²) in [6.07, 6.45) is 4.08. The molecule has 1 aromatic heterocycles. The van der Waals surface area contributed by atoms with Gasteiger partial charge in [0.1, 0.15) is 18.1 Å². The number of rotatable bonds is 6. The van der Waals surface area contributed by atoms with Gasteiger partial charge in [0.2, 0.25) is 0 Å². The highest BCUT2D eigenvalue weighted by Crippen LogP contribution is 2.37. The van der Waals surface area contributed by atoms with Gasteiger partial charge in [-0.1, -0.05) is 13.3 Å². The van der Waals surface area contributed by atoms with E-state index in [1.807, 2.05) is 12.1 Å². The molecule has 20 heavy (non-hydrogen) atoms. The second-order valence-corrected chi connectivity index (χ2v) is 6.26. The van der Waals surface area contributed by atoms with E-state index in [1.165, 1.54) is 32.4 Å². The number of hydrogen-bond donors (Lipinski definition) is 2. The van der Waals surface area contributed by atoms with Gasteiger partial charge in [-0.15, -0.1) is 0 Å². The summed E-state index contributed by atoms with van der Waals surface area (Å²) in [5, 5.41) is 12.5. The van der Waals surface area contributed by atoms with Gasteiger partial charge < -0.3 is 14.8 Å². The molecule has 3 aliphatic rings. The van der Waals surface area contributed by atoms with Gasteiger partial charge in [-0.25, -0.2) is 0 Å². The van der Waals surface area contributed by atoms with Crippen LogP contribution in [0.5, 0.6) is 0 Å². The molecule has 1 unspecified atom stereocenters. The Bertz CT molecular complexity index is 432. The van der Waals surface area contributed by atoms with Gasteiger partial charge in [0, 0.05) is 19.1 Å². The fourth-order valence-corrected chi connectivity index (χ4v) is 3.89. The second-order valence-electron chi connectivity index (χ2n) is 6.26. The first-order chi connectivity index (χ1) is 9.80. The van der Waals surface area contributed by atoms with Gasteiger partial charge in [-0.3, -0.25) is 4.90 Å². The molecule has 0 aliphatic carbocycles. The molecule has 3 saturated heterocycles. The van der Waals surface area contributed by atoms with Crippen LogP contribution >= 0.6 is 0 Å². The maximum absolute atomic E-state index is 8.98. The first-order valence-electron chi connectivity index (χ1n) is 7.93. The van der Waals surface area contributed by atoms with Crippen LogP contribution in [0.3, 0.4) is 0 Å². The molecule has 4 heterocycles. The number of hydrogen-bond acceptors (Lipinski definition) is 4. The molecule has 2 bridgehead atoms. The first kappa shape index (κ1) is 14.1. The number of nitrogens with zero attached hydrogens (tertiary/aromatic N) is 1. The van der Waals surface area contributed by atoms with Crippen molar-refractivity contribution < 1.29 is 9.52 Å². The Kier molecular flexibility index (Phi) is 4.44. The van der Waals surface area contributed by atoms with Crippen molar-refractivity contribution in [1.29, 1.82) is 0 Å². The third-order valence-electron chi connectivity index (χ3n) is 5.09. The van der Waals surface area contributed by atoms with Crippen LogP contribution in [0.4, 0.5) is 0 Å². The Hall–Kier alpha value is -0.840. The molecule has 0 amide bonds. The van der Waals surface area contributed by atoms with Crippen LogP contribution in [-0.2, 0) is 13.2 Å². The lowest BCUT2D eigenvalue weighted by molar-refractivity contribution is 0.000192. The predicted octanol–water partition coefficient (Wildman–Crippen LogP) is 1.98. The van der Waals surface area contributed by atoms with Gasteiger partial charge in [0.25, 0.3) is 0 Å². The van der Waals surface area contributed by atoms with Crippen LogP contribution in [0.1, 0.15) is 37.7 Å². The maximum atomic E-state index is 8.98. The number of aliphatic hydroxyl groups excluding tert-OH is 1. The molecule has 1 aromatic rings. The SMILES string of the molecule is CC[C@@H]1CN2CC[C@H]1C[C@@H]2CNCc1ccc(CO)o1. The van der Waals surface area contributed by atoms with Crippen molar-refractivity contribution in [2.24, 2.45) is 11.8 Å².